The van der Waals surface area contributed by atoms with Gasteiger partial charge in [-0.2, -0.15) is 0 Å². The second-order valence-electron chi connectivity index (χ2n) is 10.1. The summed E-state index contributed by atoms with van der Waals surface area (Å²) in [5.41, 5.74) is 2.96. The number of rotatable bonds is 17. The second-order valence-corrected chi connectivity index (χ2v) is 10.1. The van der Waals surface area contributed by atoms with E-state index in [1.807, 2.05) is 73.0 Å². The van der Waals surface area contributed by atoms with Gasteiger partial charge in [0.05, 0.1) is 12.1 Å². The summed E-state index contributed by atoms with van der Waals surface area (Å²) in [5.74, 6) is 1.58. The molecule has 0 aliphatic heterocycles. The van der Waals surface area contributed by atoms with E-state index in [0.717, 1.165) is 72.7 Å². The summed E-state index contributed by atoms with van der Waals surface area (Å²) in [7, 11) is 0. The highest BCUT2D eigenvalue weighted by Gasteiger charge is 2.20. The highest BCUT2D eigenvalue weighted by atomic mass is 16.5. The van der Waals surface area contributed by atoms with Crippen molar-refractivity contribution < 1.29 is 14.2 Å². The van der Waals surface area contributed by atoms with Crippen LogP contribution in [0.1, 0.15) is 84.6 Å². The Bertz CT molecular complexity index is 1210. The number of fused-ring (bicyclic) bond motifs is 1. The predicted octanol–water partition coefficient (Wildman–Crippen LogP) is 8.46. The van der Waals surface area contributed by atoms with E-state index in [1.165, 1.54) is 6.42 Å². The van der Waals surface area contributed by atoms with Gasteiger partial charge in [-0.25, -0.2) is 0 Å². The summed E-state index contributed by atoms with van der Waals surface area (Å²) in [4.78, 5) is 13.9. The average Bonchev–Trinajstić information content (AvgIpc) is 2.92. The van der Waals surface area contributed by atoms with Crippen molar-refractivity contribution in [2.75, 3.05) is 13.2 Å². The Hall–Kier alpha value is -3.21. The molecule has 206 valence electrons. The minimum atomic E-state index is -0.128. The SMILES string of the molecule is CCCCCCOc1c(OCC=C(C)C)c2ccc(OCc3ccccc3)cc2n(CCCCCC)c1=O. The Morgan fingerprint density at radius 3 is 2.26 bits per heavy atom. The number of pyridine rings is 1. The molecule has 1 aromatic heterocycles. The molecule has 38 heavy (non-hydrogen) atoms. The van der Waals surface area contributed by atoms with Gasteiger partial charge in [-0.3, -0.25) is 4.79 Å². The normalized spacial score (nSPS) is 10.9. The fourth-order valence-electron chi connectivity index (χ4n) is 4.39. The van der Waals surface area contributed by atoms with Gasteiger partial charge < -0.3 is 18.8 Å². The fraction of sp³-hybridized carbons (Fsp3) is 0.485. The molecule has 0 amide bonds. The first-order valence-corrected chi connectivity index (χ1v) is 14.3. The molecule has 1 heterocycles. The third-order valence-electron chi connectivity index (χ3n) is 6.60. The molecule has 0 N–H and O–H groups in total. The minimum Gasteiger partial charge on any atom is -0.489 e. The van der Waals surface area contributed by atoms with Gasteiger partial charge in [-0.15, -0.1) is 0 Å². The van der Waals surface area contributed by atoms with Crippen LogP contribution in [0.4, 0.5) is 0 Å². The lowest BCUT2D eigenvalue weighted by Gasteiger charge is -2.19. The highest BCUT2D eigenvalue weighted by Crippen LogP contribution is 2.35. The standard InChI is InChI=1S/C33H45NO4/c1-5-7-9-14-21-34-30-24-28(38-25-27-16-12-11-13-17-27)18-19-29(30)31(37-23-20-26(3)4)32(33(34)35)36-22-15-10-8-6-2/h11-13,16-20,24H,5-10,14-15,21-23,25H2,1-4H3. The lowest BCUT2D eigenvalue weighted by molar-refractivity contribution is 0.272. The van der Waals surface area contributed by atoms with Crippen LogP contribution >= 0.6 is 0 Å². The number of unbranched alkanes of at least 4 members (excludes halogenated alkanes) is 6. The minimum absolute atomic E-state index is 0.128. The van der Waals surface area contributed by atoms with Crippen molar-refractivity contribution in [2.45, 2.75) is 92.2 Å². The van der Waals surface area contributed by atoms with Crippen molar-refractivity contribution >= 4 is 10.9 Å². The first-order valence-electron chi connectivity index (χ1n) is 14.3. The monoisotopic (exact) mass is 519 g/mol. The Labute approximate surface area is 228 Å². The lowest BCUT2D eigenvalue weighted by Crippen LogP contribution is -2.24. The molecule has 0 saturated heterocycles. The van der Waals surface area contributed by atoms with E-state index < -0.39 is 0 Å². The second kappa shape index (κ2) is 15.9. The van der Waals surface area contributed by atoms with Crippen molar-refractivity contribution in [3.8, 4) is 17.2 Å². The average molecular weight is 520 g/mol. The van der Waals surface area contributed by atoms with Crippen molar-refractivity contribution in [1.82, 2.24) is 4.57 Å². The first-order chi connectivity index (χ1) is 18.5. The highest BCUT2D eigenvalue weighted by molar-refractivity contribution is 5.89. The van der Waals surface area contributed by atoms with Crippen LogP contribution in [0.2, 0.25) is 0 Å². The van der Waals surface area contributed by atoms with E-state index >= 15 is 0 Å². The van der Waals surface area contributed by atoms with E-state index in [2.05, 4.69) is 13.8 Å². The summed E-state index contributed by atoms with van der Waals surface area (Å²) in [5, 5.41) is 0.873. The molecule has 0 spiro atoms. The van der Waals surface area contributed by atoms with Crippen LogP contribution in [-0.2, 0) is 13.2 Å². The number of benzene rings is 2. The molecule has 0 radical (unpaired) electrons. The van der Waals surface area contributed by atoms with Gasteiger partial charge in [0.15, 0.2) is 5.75 Å². The smallest absolute Gasteiger partial charge is 0.297 e. The molecule has 2 aromatic carbocycles. The summed E-state index contributed by atoms with van der Waals surface area (Å²) in [6.45, 7) is 10.5. The van der Waals surface area contributed by atoms with Crippen molar-refractivity contribution in [1.29, 1.82) is 0 Å². The number of nitrogens with zero attached hydrogens (tertiary/aromatic N) is 1. The molecule has 0 aliphatic carbocycles. The summed E-state index contributed by atoms with van der Waals surface area (Å²) >= 11 is 0. The largest absolute Gasteiger partial charge is 0.489 e. The van der Waals surface area contributed by atoms with Gasteiger partial charge in [-0.05, 0) is 50.5 Å². The zero-order valence-corrected chi connectivity index (χ0v) is 23.8. The molecule has 3 rings (SSSR count). The van der Waals surface area contributed by atoms with Gasteiger partial charge in [0, 0.05) is 18.0 Å². The maximum absolute atomic E-state index is 13.9. The number of hydrogen-bond donors (Lipinski definition) is 0. The van der Waals surface area contributed by atoms with E-state index in [0.29, 0.717) is 37.9 Å². The summed E-state index contributed by atoms with van der Waals surface area (Å²) in [6, 6.07) is 16.0. The van der Waals surface area contributed by atoms with Crippen molar-refractivity contribution in [2.24, 2.45) is 0 Å². The van der Waals surface area contributed by atoms with Gasteiger partial charge in [0.2, 0.25) is 5.75 Å². The molecule has 5 heteroatoms. The van der Waals surface area contributed by atoms with Crippen LogP contribution < -0.4 is 19.8 Å². The van der Waals surface area contributed by atoms with Gasteiger partial charge in [0.25, 0.3) is 5.56 Å². The van der Waals surface area contributed by atoms with Crippen LogP contribution in [-0.4, -0.2) is 17.8 Å². The molecule has 0 aliphatic rings. The molecule has 0 atom stereocenters. The van der Waals surface area contributed by atoms with Crippen LogP contribution in [0.5, 0.6) is 17.2 Å². The quantitative estimate of drug-likeness (QED) is 0.133. The molecule has 0 fully saturated rings. The van der Waals surface area contributed by atoms with Crippen LogP contribution in [0.25, 0.3) is 10.9 Å². The molecule has 5 nitrogen and oxygen atoms in total. The maximum Gasteiger partial charge on any atom is 0.297 e. The molecular formula is C33H45NO4. The van der Waals surface area contributed by atoms with Crippen LogP contribution in [0, 0.1) is 0 Å². The van der Waals surface area contributed by atoms with Gasteiger partial charge in [-0.1, -0.05) is 88.3 Å². The maximum atomic E-state index is 13.9. The summed E-state index contributed by atoms with van der Waals surface area (Å²) < 4.78 is 20.4. The lowest BCUT2D eigenvalue weighted by atomic mass is 10.1. The van der Waals surface area contributed by atoms with E-state index in [4.69, 9.17) is 14.2 Å². The van der Waals surface area contributed by atoms with Crippen LogP contribution in [0.3, 0.4) is 0 Å². The Morgan fingerprint density at radius 2 is 1.55 bits per heavy atom. The Kier molecular flexibility index (Phi) is 12.3. The molecular weight excluding hydrogens is 474 g/mol. The van der Waals surface area contributed by atoms with Gasteiger partial charge >= 0.3 is 0 Å². The number of aromatic nitrogens is 1. The number of aryl methyl sites for hydroxylation is 1. The zero-order chi connectivity index (χ0) is 27.2. The van der Waals surface area contributed by atoms with E-state index in [9.17, 15) is 4.79 Å². The van der Waals surface area contributed by atoms with Crippen molar-refractivity contribution in [3.63, 3.8) is 0 Å². The zero-order valence-electron chi connectivity index (χ0n) is 23.8. The van der Waals surface area contributed by atoms with Crippen LogP contribution in [0.15, 0.2) is 65.0 Å². The Morgan fingerprint density at radius 1 is 0.816 bits per heavy atom. The Balaban J connectivity index is 2.01. The molecule has 0 saturated carbocycles. The summed E-state index contributed by atoms with van der Waals surface area (Å²) in [6.07, 6.45) is 10.7. The number of ether oxygens (including phenoxy) is 3. The van der Waals surface area contributed by atoms with E-state index in [1.54, 1.807) is 0 Å². The third kappa shape index (κ3) is 8.68. The predicted molar refractivity (Wildman–Crippen MR) is 158 cm³/mol. The number of allylic oxidation sites excluding steroid dienone is 1. The number of hydrogen-bond acceptors (Lipinski definition) is 4. The molecule has 0 unspecified atom stereocenters. The molecule has 0 bridgehead atoms. The first kappa shape index (κ1) is 29.3. The van der Waals surface area contributed by atoms with Gasteiger partial charge in [0.1, 0.15) is 19.0 Å². The third-order valence-corrected chi connectivity index (χ3v) is 6.60. The molecule has 3 aromatic rings. The van der Waals surface area contributed by atoms with Crippen molar-refractivity contribution in [3.05, 3.63) is 76.1 Å². The fourth-order valence-corrected chi connectivity index (χ4v) is 4.39. The van der Waals surface area contributed by atoms with E-state index in [-0.39, 0.29) is 5.56 Å². The topological polar surface area (TPSA) is 49.7 Å².